The maximum atomic E-state index is 8.46. The Bertz CT molecular complexity index is 111. The van der Waals surface area contributed by atoms with E-state index in [-0.39, 0.29) is 17.4 Å². The Balaban J connectivity index is -0.0000000353. The summed E-state index contributed by atoms with van der Waals surface area (Å²) < 4.78 is 25.4. The minimum atomic E-state index is -0.833. The first kappa shape index (κ1) is 30.1. The maximum absolute atomic E-state index is 8.46. The minimum absolute atomic E-state index is 0. The van der Waals surface area contributed by atoms with Gasteiger partial charge in [0.2, 0.25) is 0 Å². The summed E-state index contributed by atoms with van der Waals surface area (Å²) in [6, 6.07) is 0. The quantitative estimate of drug-likeness (QED) is 0.534. The fourth-order valence-corrected chi connectivity index (χ4v) is 0.289. The zero-order valence-corrected chi connectivity index (χ0v) is 13.3. The van der Waals surface area contributed by atoms with E-state index in [4.69, 9.17) is 28.4 Å². The molecule has 0 saturated heterocycles. The zero-order chi connectivity index (χ0) is 13.1. The first-order valence-corrected chi connectivity index (χ1v) is 6.25. The third kappa shape index (κ3) is 125. The van der Waals surface area contributed by atoms with Crippen molar-refractivity contribution in [3.63, 3.8) is 0 Å². The Kier molecular flexibility index (Phi) is 84.2. The molecular formula is C6H17AlO6P3+3. The van der Waals surface area contributed by atoms with Crippen molar-refractivity contribution >= 4 is 43.4 Å². The molecule has 0 aromatic rings. The van der Waals surface area contributed by atoms with Gasteiger partial charge in [0.1, 0.15) is 0 Å². The molecule has 0 aliphatic carbocycles. The van der Waals surface area contributed by atoms with Crippen molar-refractivity contribution in [2.24, 2.45) is 5.92 Å². The molecule has 0 aliphatic heterocycles. The van der Waals surface area contributed by atoms with E-state index in [0.29, 0.717) is 0 Å². The van der Waals surface area contributed by atoms with E-state index < -0.39 is 26.1 Å². The molecule has 6 nitrogen and oxygen atoms in total. The van der Waals surface area contributed by atoms with Crippen LogP contribution in [-0.4, -0.2) is 32.0 Å². The van der Waals surface area contributed by atoms with Gasteiger partial charge in [-0.05, 0) is 5.92 Å². The summed E-state index contributed by atoms with van der Waals surface area (Å²) in [5, 5.41) is 0. The third-order valence-electron chi connectivity index (χ3n) is 1.39. The average molecular weight is 305 g/mol. The summed E-state index contributed by atoms with van der Waals surface area (Å²) in [6.07, 6.45) is 2.66. The topological polar surface area (TPSA) is 112 Å². The zero-order valence-electron chi connectivity index (χ0n) is 9.48. The van der Waals surface area contributed by atoms with Crippen LogP contribution in [0.5, 0.6) is 0 Å². The van der Waals surface area contributed by atoms with Crippen molar-refractivity contribution in [3.05, 3.63) is 0 Å². The molecule has 0 aromatic heterocycles. The van der Waals surface area contributed by atoms with E-state index in [0.717, 1.165) is 5.92 Å². The van der Waals surface area contributed by atoms with Gasteiger partial charge in [-0.25, -0.2) is 13.7 Å². The monoisotopic (exact) mass is 305 g/mol. The summed E-state index contributed by atoms with van der Waals surface area (Å²) in [7, 11) is -2.50. The smallest absolute Gasteiger partial charge is 0.310 e. The molecule has 0 spiro atoms. The van der Waals surface area contributed by atoms with Gasteiger partial charge in [0.05, 0.1) is 0 Å². The predicted molar refractivity (Wildman–Crippen MR) is 65.0 cm³/mol. The van der Waals surface area contributed by atoms with Crippen LogP contribution in [-0.2, 0) is 13.7 Å². The molecule has 0 aromatic carbocycles. The van der Waals surface area contributed by atoms with Gasteiger partial charge >= 0.3 is 43.4 Å². The van der Waals surface area contributed by atoms with Gasteiger partial charge in [0.25, 0.3) is 0 Å². The molecule has 0 unspecified atom stereocenters. The second kappa shape index (κ2) is 44.8. The summed E-state index contributed by atoms with van der Waals surface area (Å²) >= 11 is 0. The molecule has 3 N–H and O–H groups in total. The minimum Gasteiger partial charge on any atom is -0.310 e. The molecule has 0 rings (SSSR count). The van der Waals surface area contributed by atoms with Crippen LogP contribution in [0, 0.1) is 5.92 Å². The average Bonchev–Trinajstić information content (AvgIpc) is 2.20. The fraction of sp³-hybridized carbons (Fsp3) is 1.00. The van der Waals surface area contributed by atoms with Crippen molar-refractivity contribution in [1.82, 2.24) is 0 Å². The Hall–Kier alpha value is 0.712. The Morgan fingerprint density at radius 3 is 1.00 bits per heavy atom. The van der Waals surface area contributed by atoms with E-state index in [1.807, 2.05) is 0 Å². The number of rotatable bonds is 2. The summed E-state index contributed by atoms with van der Waals surface area (Å²) in [5.41, 5.74) is 0. The summed E-state index contributed by atoms with van der Waals surface area (Å²) in [6.45, 7) is 6.74. The fourth-order valence-electron chi connectivity index (χ4n) is 0.289. The molecule has 0 heterocycles. The SMILES string of the molecule is CCC(C)CC.O=PO.O=PO.O=PO.[Al+3]. The summed E-state index contributed by atoms with van der Waals surface area (Å²) in [5.74, 6) is 0.935. The Labute approximate surface area is 111 Å². The molecule has 0 fully saturated rings. The van der Waals surface area contributed by atoms with Crippen molar-refractivity contribution in [2.75, 3.05) is 0 Å². The van der Waals surface area contributed by atoms with Crippen LogP contribution in [0.1, 0.15) is 33.6 Å². The Morgan fingerprint density at radius 2 is 1.00 bits per heavy atom. The van der Waals surface area contributed by atoms with Crippen LogP contribution in [0.3, 0.4) is 0 Å². The molecule has 10 heteroatoms. The van der Waals surface area contributed by atoms with E-state index in [2.05, 4.69) is 20.8 Å². The van der Waals surface area contributed by atoms with Crippen LogP contribution in [0.2, 0.25) is 0 Å². The Morgan fingerprint density at radius 1 is 0.875 bits per heavy atom. The van der Waals surface area contributed by atoms with Gasteiger partial charge < -0.3 is 14.7 Å². The standard InChI is InChI=1S/C6H14.Al.3HO2P/c1-4-6(3)5-2;;3*1-3-2/h6H,4-5H2,1-3H3;;3*(H,1,2)/q;+3;;;. The van der Waals surface area contributed by atoms with Gasteiger partial charge in [-0.1, -0.05) is 33.6 Å². The van der Waals surface area contributed by atoms with Crippen molar-refractivity contribution in [1.29, 1.82) is 0 Å². The normalized spacial score (nSPS) is 7.69. The van der Waals surface area contributed by atoms with Gasteiger partial charge in [0.15, 0.2) is 0 Å². The third-order valence-corrected chi connectivity index (χ3v) is 1.39. The first-order valence-electron chi connectivity index (χ1n) is 3.96. The van der Waals surface area contributed by atoms with Crippen LogP contribution in [0.25, 0.3) is 0 Å². The molecule has 0 bridgehead atoms. The van der Waals surface area contributed by atoms with Gasteiger partial charge in [0, 0.05) is 0 Å². The largest absolute Gasteiger partial charge is 3.00 e. The number of hydrogen-bond donors (Lipinski definition) is 3. The second-order valence-electron chi connectivity index (χ2n) is 2.17. The molecule has 0 atom stereocenters. The first-order chi connectivity index (χ1) is 7.05. The van der Waals surface area contributed by atoms with Crippen molar-refractivity contribution in [2.45, 2.75) is 33.6 Å². The molecule has 16 heavy (non-hydrogen) atoms. The van der Waals surface area contributed by atoms with Crippen LogP contribution in [0.15, 0.2) is 0 Å². The van der Waals surface area contributed by atoms with E-state index in [1.54, 1.807) is 0 Å². The second-order valence-corrected chi connectivity index (χ2v) is 2.66. The maximum Gasteiger partial charge on any atom is 3.00 e. The molecule has 0 aliphatic rings. The van der Waals surface area contributed by atoms with Gasteiger partial charge in [-0.3, -0.25) is 0 Å². The predicted octanol–water partition coefficient (Wildman–Crippen LogP) is 2.62. The van der Waals surface area contributed by atoms with Crippen LogP contribution >= 0.6 is 26.1 Å². The van der Waals surface area contributed by atoms with Gasteiger partial charge in [-0.15, -0.1) is 0 Å². The number of hydrogen-bond acceptors (Lipinski definition) is 3. The molecule has 92 valence electrons. The molecule has 0 radical (unpaired) electrons. The van der Waals surface area contributed by atoms with Crippen LogP contribution in [0.4, 0.5) is 0 Å². The van der Waals surface area contributed by atoms with Crippen molar-refractivity contribution < 1.29 is 28.4 Å². The summed E-state index contributed by atoms with van der Waals surface area (Å²) in [4.78, 5) is 21.0. The van der Waals surface area contributed by atoms with E-state index in [9.17, 15) is 0 Å². The van der Waals surface area contributed by atoms with E-state index in [1.165, 1.54) is 12.8 Å². The van der Waals surface area contributed by atoms with Crippen molar-refractivity contribution in [3.8, 4) is 0 Å². The molecule has 0 amide bonds. The molecule has 0 saturated carbocycles. The van der Waals surface area contributed by atoms with E-state index >= 15 is 0 Å². The van der Waals surface area contributed by atoms with Gasteiger partial charge in [-0.2, -0.15) is 0 Å². The van der Waals surface area contributed by atoms with Crippen LogP contribution < -0.4 is 0 Å². The molecular weight excluding hydrogens is 288 g/mol.